The second-order valence-electron chi connectivity index (χ2n) is 4.98. The van der Waals surface area contributed by atoms with Crippen LogP contribution in [0.2, 0.25) is 0 Å². The minimum atomic E-state index is -0.133. The lowest BCUT2D eigenvalue weighted by Gasteiger charge is -2.12. The van der Waals surface area contributed by atoms with Crippen LogP contribution in [0.15, 0.2) is 18.2 Å². The quantitative estimate of drug-likeness (QED) is 0.827. The lowest BCUT2D eigenvalue weighted by molar-refractivity contribution is -0.144. The van der Waals surface area contributed by atoms with E-state index in [2.05, 4.69) is 23.5 Å². The summed E-state index contributed by atoms with van der Waals surface area (Å²) in [5, 5.41) is 3.41. The summed E-state index contributed by atoms with van der Waals surface area (Å²) in [5.41, 5.74) is 4.09. The lowest BCUT2D eigenvalue weighted by Crippen LogP contribution is -2.16. The van der Waals surface area contributed by atoms with Crippen LogP contribution in [0.3, 0.4) is 0 Å². The third-order valence-electron chi connectivity index (χ3n) is 3.56. The van der Waals surface area contributed by atoms with Crippen molar-refractivity contribution in [1.29, 1.82) is 0 Å². The van der Waals surface area contributed by atoms with Gasteiger partial charge in [-0.3, -0.25) is 4.79 Å². The van der Waals surface area contributed by atoms with Gasteiger partial charge in [-0.1, -0.05) is 25.1 Å². The van der Waals surface area contributed by atoms with E-state index >= 15 is 0 Å². The second-order valence-corrected chi connectivity index (χ2v) is 4.98. The van der Waals surface area contributed by atoms with Gasteiger partial charge in [-0.2, -0.15) is 0 Å². The van der Waals surface area contributed by atoms with Crippen LogP contribution < -0.4 is 5.32 Å². The first-order valence-electron chi connectivity index (χ1n) is 6.60. The van der Waals surface area contributed by atoms with Gasteiger partial charge in [0.05, 0.1) is 13.0 Å². The molecule has 1 aliphatic rings. The molecule has 1 atom stereocenters. The Morgan fingerprint density at radius 1 is 1.33 bits per heavy atom. The summed E-state index contributed by atoms with van der Waals surface area (Å²) < 4.78 is 4.77. The maximum absolute atomic E-state index is 11.4. The van der Waals surface area contributed by atoms with Gasteiger partial charge in [0.2, 0.25) is 0 Å². The Morgan fingerprint density at radius 2 is 2.06 bits per heavy atom. The Labute approximate surface area is 109 Å². The number of esters is 1. The molecule has 1 aromatic rings. The third kappa shape index (κ3) is 3.10. The van der Waals surface area contributed by atoms with Crippen LogP contribution in [0.5, 0.6) is 0 Å². The van der Waals surface area contributed by atoms with Crippen LogP contribution >= 0.6 is 0 Å². The van der Waals surface area contributed by atoms with Crippen molar-refractivity contribution in [2.45, 2.75) is 26.2 Å². The number of ether oxygens (including phenoxy) is 1. The zero-order chi connectivity index (χ0) is 13.0. The zero-order valence-corrected chi connectivity index (χ0v) is 11.2. The molecule has 0 spiro atoms. The average Bonchev–Trinajstić information content (AvgIpc) is 2.62. The predicted molar refractivity (Wildman–Crippen MR) is 71.6 cm³/mol. The van der Waals surface area contributed by atoms with E-state index in [-0.39, 0.29) is 11.9 Å². The number of hydrogen-bond donors (Lipinski definition) is 1. The zero-order valence-electron chi connectivity index (χ0n) is 11.2. The molecular formula is C15H21NO2. The van der Waals surface area contributed by atoms with Crippen molar-refractivity contribution in [3.05, 3.63) is 34.9 Å². The monoisotopic (exact) mass is 247 g/mol. The molecule has 0 bridgehead atoms. The Kier molecular flexibility index (Phi) is 4.37. The second kappa shape index (κ2) is 6.01. The summed E-state index contributed by atoms with van der Waals surface area (Å²) in [4.78, 5) is 11.4. The number of benzene rings is 1. The molecule has 18 heavy (non-hydrogen) atoms. The summed E-state index contributed by atoms with van der Waals surface area (Å²) in [6.07, 6.45) is 2.94. The highest BCUT2D eigenvalue weighted by molar-refractivity contribution is 5.72. The fourth-order valence-electron chi connectivity index (χ4n) is 2.49. The van der Waals surface area contributed by atoms with Crippen LogP contribution in [-0.2, 0) is 28.8 Å². The smallest absolute Gasteiger partial charge is 0.308 e. The van der Waals surface area contributed by atoms with Crippen molar-refractivity contribution >= 4 is 5.97 Å². The van der Waals surface area contributed by atoms with Crippen molar-refractivity contribution in [2.24, 2.45) is 5.92 Å². The normalized spacial score (nSPS) is 16.6. The molecule has 3 nitrogen and oxygen atoms in total. The van der Waals surface area contributed by atoms with Gasteiger partial charge in [0.1, 0.15) is 0 Å². The first-order valence-corrected chi connectivity index (χ1v) is 6.60. The average molecular weight is 247 g/mol. The minimum Gasteiger partial charge on any atom is -0.469 e. The summed E-state index contributed by atoms with van der Waals surface area (Å²) in [5.74, 6) is -0.205. The first-order chi connectivity index (χ1) is 8.70. The van der Waals surface area contributed by atoms with Crippen molar-refractivity contribution in [3.8, 4) is 0 Å². The van der Waals surface area contributed by atoms with Crippen LogP contribution in [0.25, 0.3) is 0 Å². The molecule has 2 rings (SSSR count). The Hall–Kier alpha value is -1.35. The van der Waals surface area contributed by atoms with E-state index in [4.69, 9.17) is 4.74 Å². The van der Waals surface area contributed by atoms with E-state index in [1.54, 1.807) is 0 Å². The van der Waals surface area contributed by atoms with Crippen molar-refractivity contribution in [3.63, 3.8) is 0 Å². The maximum Gasteiger partial charge on any atom is 0.308 e. The van der Waals surface area contributed by atoms with Crippen LogP contribution in [0.1, 0.15) is 23.6 Å². The highest BCUT2D eigenvalue weighted by Crippen LogP contribution is 2.18. The van der Waals surface area contributed by atoms with Gasteiger partial charge in [-0.05, 0) is 49.0 Å². The fourth-order valence-corrected chi connectivity index (χ4v) is 2.49. The Morgan fingerprint density at radius 3 is 2.78 bits per heavy atom. The Bertz CT molecular complexity index is 429. The highest BCUT2D eigenvalue weighted by atomic mass is 16.5. The van der Waals surface area contributed by atoms with Crippen LogP contribution in [0.4, 0.5) is 0 Å². The van der Waals surface area contributed by atoms with E-state index in [0.717, 1.165) is 32.4 Å². The van der Waals surface area contributed by atoms with E-state index in [1.807, 2.05) is 6.92 Å². The molecule has 1 aliphatic heterocycles. The number of methoxy groups -OCH3 is 1. The van der Waals surface area contributed by atoms with Gasteiger partial charge in [-0.25, -0.2) is 0 Å². The molecule has 1 N–H and O–H groups in total. The summed E-state index contributed by atoms with van der Waals surface area (Å²) in [6.45, 7) is 4.02. The molecule has 0 saturated carbocycles. The number of rotatable bonds is 3. The predicted octanol–water partition coefficient (Wildman–Crippen LogP) is 1.73. The number of nitrogens with one attached hydrogen (secondary N) is 1. The van der Waals surface area contributed by atoms with Crippen molar-refractivity contribution in [1.82, 2.24) is 5.32 Å². The number of hydrogen-bond acceptors (Lipinski definition) is 3. The van der Waals surface area contributed by atoms with Crippen LogP contribution in [0, 0.1) is 5.92 Å². The number of fused-ring (bicyclic) bond motifs is 1. The van der Waals surface area contributed by atoms with Gasteiger partial charge < -0.3 is 10.1 Å². The molecule has 0 aromatic heterocycles. The van der Waals surface area contributed by atoms with E-state index in [9.17, 15) is 4.79 Å². The van der Waals surface area contributed by atoms with Gasteiger partial charge in [0.25, 0.3) is 0 Å². The van der Waals surface area contributed by atoms with Crippen molar-refractivity contribution in [2.75, 3.05) is 20.2 Å². The molecule has 0 radical (unpaired) electrons. The summed E-state index contributed by atoms with van der Waals surface area (Å²) in [7, 11) is 1.45. The van der Waals surface area contributed by atoms with E-state index in [1.165, 1.54) is 23.8 Å². The van der Waals surface area contributed by atoms with Crippen LogP contribution in [-0.4, -0.2) is 26.2 Å². The molecule has 0 amide bonds. The molecule has 1 heterocycles. The van der Waals surface area contributed by atoms with Gasteiger partial charge >= 0.3 is 5.97 Å². The van der Waals surface area contributed by atoms with Gasteiger partial charge in [-0.15, -0.1) is 0 Å². The minimum absolute atomic E-state index is 0.0723. The number of carbonyl (C=O) groups excluding carboxylic acids is 1. The first kappa shape index (κ1) is 13.1. The summed E-state index contributed by atoms with van der Waals surface area (Å²) >= 11 is 0. The molecule has 0 unspecified atom stereocenters. The lowest BCUT2D eigenvalue weighted by atomic mass is 9.95. The van der Waals surface area contributed by atoms with E-state index in [0.29, 0.717) is 0 Å². The number of carbonyl (C=O) groups is 1. The molecule has 1 aromatic carbocycles. The molecule has 0 aliphatic carbocycles. The molecule has 3 heteroatoms. The van der Waals surface area contributed by atoms with E-state index < -0.39 is 0 Å². The maximum atomic E-state index is 11.4. The topological polar surface area (TPSA) is 38.3 Å². The molecule has 98 valence electrons. The SMILES string of the molecule is COC(=O)[C@H](C)Cc1ccc2c(c1)CCNCC2. The molecular weight excluding hydrogens is 226 g/mol. The molecule has 0 fully saturated rings. The largest absolute Gasteiger partial charge is 0.469 e. The highest BCUT2D eigenvalue weighted by Gasteiger charge is 2.15. The summed E-state index contributed by atoms with van der Waals surface area (Å²) in [6, 6.07) is 6.60. The third-order valence-corrected chi connectivity index (χ3v) is 3.56. The Balaban J connectivity index is 2.10. The van der Waals surface area contributed by atoms with Gasteiger partial charge in [0, 0.05) is 0 Å². The molecule has 0 saturated heterocycles. The standard InChI is InChI=1S/C15H21NO2/c1-11(15(17)18-2)9-12-3-4-13-5-7-16-8-6-14(13)10-12/h3-4,10-11,16H,5-9H2,1-2H3/t11-/m1/s1. The fraction of sp³-hybridized carbons (Fsp3) is 0.533. The van der Waals surface area contributed by atoms with Crippen molar-refractivity contribution < 1.29 is 9.53 Å². The van der Waals surface area contributed by atoms with Gasteiger partial charge in [0.15, 0.2) is 0 Å².